The largest absolute Gasteiger partial charge is 0.406 e. The Hall–Kier alpha value is -4.37. The number of fused-ring (bicyclic) bond motifs is 2. The lowest BCUT2D eigenvalue weighted by Gasteiger charge is -2.09. The number of thiophene rings is 1. The van der Waals surface area contributed by atoms with Crippen LogP contribution in [0.25, 0.3) is 10.2 Å². The number of ether oxygens (including phenoxy) is 1. The first-order chi connectivity index (χ1) is 16.1. The molecular formula is C24H18N6O2S. The average Bonchev–Trinajstić information content (AvgIpc) is 3.22. The van der Waals surface area contributed by atoms with Crippen molar-refractivity contribution in [2.24, 2.45) is 15.7 Å². The summed E-state index contributed by atoms with van der Waals surface area (Å²) in [6.07, 6.45) is 0.512. The molecule has 3 heterocycles. The van der Waals surface area contributed by atoms with Gasteiger partial charge in [-0.25, -0.2) is 9.98 Å². The van der Waals surface area contributed by atoms with E-state index in [1.54, 1.807) is 12.3 Å². The highest BCUT2D eigenvalue weighted by Gasteiger charge is 2.26. The normalized spacial score (nSPS) is 15.9. The summed E-state index contributed by atoms with van der Waals surface area (Å²) in [5.74, 6) is -0.624. The number of pyridine rings is 1. The van der Waals surface area contributed by atoms with E-state index in [-0.39, 0.29) is 11.9 Å². The number of amides is 1. The van der Waals surface area contributed by atoms with Gasteiger partial charge in [0.1, 0.15) is 4.83 Å². The molecule has 0 saturated carbocycles. The highest BCUT2D eigenvalue weighted by Crippen LogP contribution is 2.25. The smallest absolute Gasteiger partial charge is 0.291 e. The van der Waals surface area contributed by atoms with Gasteiger partial charge in [-0.05, 0) is 18.2 Å². The average molecular weight is 455 g/mol. The standard InChI is InChI=1S/C24H18N6O2S/c25-20(18-13-15-9-6-12-27-23(15)33-18)32-24(26)30-21-22(31)28-17-11-5-4-10-16(17)19(29-21)14-7-2-1-3-8-14/h1-13,21,25H,(H2,26,30)(H,28,31). The molecule has 1 aliphatic rings. The number of para-hydroxylation sites is 1. The topological polar surface area (TPSA) is 126 Å². The van der Waals surface area contributed by atoms with Crippen molar-refractivity contribution in [2.75, 3.05) is 5.32 Å². The second-order valence-corrected chi connectivity index (χ2v) is 8.19. The molecule has 1 amide bonds. The summed E-state index contributed by atoms with van der Waals surface area (Å²) in [5.41, 5.74) is 8.82. The van der Waals surface area contributed by atoms with Gasteiger partial charge in [0.2, 0.25) is 12.1 Å². The summed E-state index contributed by atoms with van der Waals surface area (Å²) in [6.45, 7) is 0. The van der Waals surface area contributed by atoms with E-state index in [9.17, 15) is 4.79 Å². The van der Waals surface area contributed by atoms with Crippen molar-refractivity contribution in [1.29, 1.82) is 5.41 Å². The van der Waals surface area contributed by atoms with E-state index >= 15 is 0 Å². The minimum absolute atomic E-state index is 0.177. The maximum absolute atomic E-state index is 12.9. The predicted molar refractivity (Wildman–Crippen MR) is 130 cm³/mol. The van der Waals surface area contributed by atoms with Crippen LogP contribution in [0.4, 0.5) is 5.69 Å². The second-order valence-electron chi connectivity index (χ2n) is 7.16. The highest BCUT2D eigenvalue weighted by molar-refractivity contribution is 7.20. The fourth-order valence-corrected chi connectivity index (χ4v) is 4.33. The van der Waals surface area contributed by atoms with Crippen LogP contribution in [0.15, 0.2) is 89.0 Å². The number of hydrogen-bond acceptors (Lipinski definition) is 7. The van der Waals surface area contributed by atoms with Crippen LogP contribution in [-0.4, -0.2) is 34.7 Å². The van der Waals surface area contributed by atoms with Gasteiger partial charge in [-0.1, -0.05) is 54.6 Å². The number of anilines is 1. The molecular weight excluding hydrogens is 436 g/mol. The number of nitrogens with zero attached hydrogens (tertiary/aromatic N) is 3. The molecule has 0 radical (unpaired) electrons. The van der Waals surface area contributed by atoms with E-state index in [0.717, 1.165) is 21.3 Å². The molecule has 2 aromatic carbocycles. The predicted octanol–water partition coefficient (Wildman–Crippen LogP) is 3.77. The fourth-order valence-electron chi connectivity index (χ4n) is 3.45. The molecule has 9 heteroatoms. The quantitative estimate of drug-likeness (QED) is 0.322. The molecule has 0 fully saturated rings. The Kier molecular flexibility index (Phi) is 5.37. The van der Waals surface area contributed by atoms with Crippen LogP contribution in [0.2, 0.25) is 0 Å². The van der Waals surface area contributed by atoms with Crippen LogP contribution in [0.1, 0.15) is 16.0 Å². The summed E-state index contributed by atoms with van der Waals surface area (Å²) >= 11 is 1.31. The van der Waals surface area contributed by atoms with Crippen LogP contribution < -0.4 is 11.1 Å². The SMILES string of the molecule is N=C(O/C(N)=N/C1N=C(c2ccccc2)c2ccccc2NC1=O)c1cc2cccnc2s1. The molecule has 33 heavy (non-hydrogen) atoms. The van der Waals surface area contributed by atoms with Crippen molar-refractivity contribution < 1.29 is 9.53 Å². The number of aromatic nitrogens is 1. The molecule has 0 saturated heterocycles. The lowest BCUT2D eigenvalue weighted by Crippen LogP contribution is -2.29. The third-order valence-electron chi connectivity index (χ3n) is 4.95. The van der Waals surface area contributed by atoms with Crippen molar-refractivity contribution in [3.63, 3.8) is 0 Å². The first-order valence-electron chi connectivity index (χ1n) is 10.1. The number of benzodiazepines with no additional fused rings is 1. The number of rotatable bonds is 3. The zero-order valence-corrected chi connectivity index (χ0v) is 18.0. The maximum Gasteiger partial charge on any atom is 0.291 e. The molecule has 1 unspecified atom stereocenters. The summed E-state index contributed by atoms with van der Waals surface area (Å²) < 4.78 is 5.42. The number of carbonyl (C=O) groups is 1. The van der Waals surface area contributed by atoms with Crippen LogP contribution >= 0.6 is 11.3 Å². The van der Waals surface area contributed by atoms with Crippen molar-refractivity contribution in [2.45, 2.75) is 6.17 Å². The van der Waals surface area contributed by atoms with Gasteiger partial charge in [0.15, 0.2) is 0 Å². The number of hydrogen-bond donors (Lipinski definition) is 3. The monoisotopic (exact) mass is 454 g/mol. The zero-order valence-electron chi connectivity index (χ0n) is 17.2. The number of aliphatic imine (C=N–C) groups is 2. The van der Waals surface area contributed by atoms with E-state index in [4.69, 9.17) is 15.9 Å². The summed E-state index contributed by atoms with van der Waals surface area (Å²) in [6, 6.07) is 22.1. The van der Waals surface area contributed by atoms with Crippen molar-refractivity contribution in [1.82, 2.24) is 4.98 Å². The van der Waals surface area contributed by atoms with Crippen molar-refractivity contribution >= 4 is 50.8 Å². The van der Waals surface area contributed by atoms with Crippen LogP contribution in [-0.2, 0) is 9.53 Å². The van der Waals surface area contributed by atoms with E-state index < -0.39 is 12.1 Å². The number of nitrogens with one attached hydrogen (secondary N) is 2. The molecule has 1 atom stereocenters. The number of nitrogens with two attached hydrogens (primary N) is 1. The molecule has 0 aliphatic carbocycles. The first-order valence-corrected chi connectivity index (χ1v) is 10.9. The molecule has 4 aromatic rings. The Morgan fingerprint density at radius 1 is 1.09 bits per heavy atom. The molecule has 8 nitrogen and oxygen atoms in total. The number of benzene rings is 2. The van der Waals surface area contributed by atoms with E-state index in [1.807, 2.05) is 66.7 Å². The Balaban J connectivity index is 1.46. The Bertz CT molecular complexity index is 1390. The molecule has 0 bridgehead atoms. The van der Waals surface area contributed by atoms with E-state index in [0.29, 0.717) is 16.3 Å². The molecule has 4 N–H and O–H groups in total. The van der Waals surface area contributed by atoms with Gasteiger partial charge in [-0.3, -0.25) is 10.2 Å². The highest BCUT2D eigenvalue weighted by atomic mass is 32.1. The van der Waals surface area contributed by atoms with Crippen LogP contribution in [0, 0.1) is 5.41 Å². The first kappa shape index (κ1) is 20.5. The second kappa shape index (κ2) is 8.64. The molecule has 162 valence electrons. The minimum atomic E-state index is -1.18. The summed E-state index contributed by atoms with van der Waals surface area (Å²) in [7, 11) is 0. The lowest BCUT2D eigenvalue weighted by atomic mass is 10.0. The summed E-state index contributed by atoms with van der Waals surface area (Å²) in [5, 5.41) is 12.0. The molecule has 1 aliphatic heterocycles. The Morgan fingerprint density at radius 3 is 2.70 bits per heavy atom. The van der Waals surface area contributed by atoms with Gasteiger partial charge >= 0.3 is 0 Å². The molecule has 0 spiro atoms. The molecule has 2 aromatic heterocycles. The van der Waals surface area contributed by atoms with Gasteiger partial charge in [-0.15, -0.1) is 11.3 Å². The molecule has 5 rings (SSSR count). The third kappa shape index (κ3) is 4.21. The Morgan fingerprint density at radius 2 is 1.88 bits per heavy atom. The maximum atomic E-state index is 12.9. The Labute approximate surface area is 193 Å². The summed E-state index contributed by atoms with van der Waals surface area (Å²) in [4.78, 5) is 27.2. The lowest BCUT2D eigenvalue weighted by molar-refractivity contribution is -0.117. The van der Waals surface area contributed by atoms with Crippen molar-refractivity contribution in [3.05, 3.63) is 95.0 Å². The fraction of sp³-hybridized carbons (Fsp3) is 0.0417. The van der Waals surface area contributed by atoms with Gasteiger partial charge in [0.25, 0.3) is 11.9 Å². The van der Waals surface area contributed by atoms with Gasteiger partial charge in [0, 0.05) is 22.7 Å². The van der Waals surface area contributed by atoms with Crippen LogP contribution in [0.3, 0.4) is 0 Å². The van der Waals surface area contributed by atoms with Crippen molar-refractivity contribution in [3.8, 4) is 0 Å². The number of carbonyl (C=O) groups excluding carboxylic acids is 1. The number of amidine groups is 1. The van der Waals surface area contributed by atoms with Gasteiger partial charge in [0.05, 0.1) is 16.3 Å². The van der Waals surface area contributed by atoms with E-state index in [1.165, 1.54) is 11.3 Å². The van der Waals surface area contributed by atoms with Crippen LogP contribution in [0.5, 0.6) is 0 Å². The minimum Gasteiger partial charge on any atom is -0.406 e. The zero-order chi connectivity index (χ0) is 22.8. The van der Waals surface area contributed by atoms with E-state index in [2.05, 4.69) is 20.3 Å². The third-order valence-corrected chi connectivity index (χ3v) is 6.00. The van der Waals surface area contributed by atoms with Gasteiger partial charge < -0.3 is 15.8 Å². The van der Waals surface area contributed by atoms with Gasteiger partial charge in [-0.2, -0.15) is 4.99 Å².